The van der Waals surface area contributed by atoms with E-state index in [-0.39, 0.29) is 12.5 Å². The van der Waals surface area contributed by atoms with Crippen molar-refractivity contribution < 1.29 is 39.5 Å². The molecular weight excluding hydrogens is 351 g/mol. The van der Waals surface area contributed by atoms with Crippen LogP contribution in [0.15, 0.2) is 0 Å². The fraction of sp³-hybridized carbons (Fsp3) is 1.00. The van der Waals surface area contributed by atoms with Crippen molar-refractivity contribution in [1.29, 1.82) is 0 Å². The summed E-state index contributed by atoms with van der Waals surface area (Å²) in [6.45, 7) is 1.71. The van der Waals surface area contributed by atoms with Gasteiger partial charge in [-0.15, -0.1) is 4.13 Å². The number of nitrogens with one attached hydrogen (secondary N) is 1. The van der Waals surface area contributed by atoms with Gasteiger partial charge in [0.25, 0.3) is 0 Å². The van der Waals surface area contributed by atoms with Gasteiger partial charge in [0.05, 0.1) is 19.0 Å². The zero-order chi connectivity index (χ0) is 16.9. The minimum Gasteiger partial charge on any atom is -0.379 e. The molecule has 0 spiro atoms. The average molecular weight is 369 g/mol. The topological polar surface area (TPSA) is 102 Å². The zero-order valence-corrected chi connectivity index (χ0v) is 13.3. The molecule has 1 N–H and O–H groups in total. The van der Waals surface area contributed by atoms with Crippen LogP contribution in [0, 0.1) is 0 Å². The van der Waals surface area contributed by atoms with E-state index in [4.69, 9.17) is 9.47 Å². The zero-order valence-electron chi connectivity index (χ0n) is 11.6. The molecule has 0 bridgehead atoms. The van der Waals surface area contributed by atoms with Crippen LogP contribution in [-0.4, -0.2) is 54.0 Å². The van der Waals surface area contributed by atoms with Gasteiger partial charge in [0.1, 0.15) is 6.10 Å². The molecule has 1 aliphatic heterocycles. The Kier molecular flexibility index (Phi) is 7.05. The highest BCUT2D eigenvalue weighted by Crippen LogP contribution is 2.22. The first kappa shape index (κ1) is 19.6. The van der Waals surface area contributed by atoms with Gasteiger partial charge >= 0.3 is 15.5 Å². The van der Waals surface area contributed by atoms with Gasteiger partial charge in [0.15, 0.2) is 0 Å². The highest BCUT2D eigenvalue weighted by Gasteiger charge is 2.48. The molecule has 1 saturated heterocycles. The van der Waals surface area contributed by atoms with Gasteiger partial charge in [-0.3, -0.25) is 0 Å². The first-order valence-corrected chi connectivity index (χ1v) is 9.69. The Morgan fingerprint density at radius 2 is 1.68 bits per heavy atom. The summed E-state index contributed by atoms with van der Waals surface area (Å²) in [6, 6.07) is 0. The Bertz CT molecular complexity index is 541. The van der Waals surface area contributed by atoms with Gasteiger partial charge in [0, 0.05) is 6.61 Å². The summed E-state index contributed by atoms with van der Waals surface area (Å²) in [5, 5.41) is 0. The van der Waals surface area contributed by atoms with E-state index in [0.717, 1.165) is 0 Å². The molecule has 0 aromatic rings. The summed E-state index contributed by atoms with van der Waals surface area (Å²) in [4.78, 5) is 0. The largest absolute Gasteiger partial charge is 0.512 e. The van der Waals surface area contributed by atoms with Crippen LogP contribution in [0.4, 0.5) is 13.2 Å². The van der Waals surface area contributed by atoms with Crippen molar-refractivity contribution in [3.8, 4) is 0 Å². The Labute approximate surface area is 127 Å². The highest BCUT2D eigenvalue weighted by atomic mass is 32.3. The van der Waals surface area contributed by atoms with E-state index in [0.29, 0.717) is 43.2 Å². The molecule has 1 atom stereocenters. The maximum absolute atomic E-state index is 12.0. The van der Waals surface area contributed by atoms with Crippen LogP contribution in [0.2, 0.25) is 0 Å². The molecule has 1 fully saturated rings. The number of sulfonamides is 2. The molecule has 132 valence electrons. The Morgan fingerprint density at radius 3 is 2.23 bits per heavy atom. The number of hydrogen-bond acceptors (Lipinski definition) is 6. The molecule has 0 saturated carbocycles. The second kappa shape index (κ2) is 7.90. The van der Waals surface area contributed by atoms with Crippen molar-refractivity contribution in [2.45, 2.75) is 37.3 Å². The van der Waals surface area contributed by atoms with E-state index in [1.165, 1.54) is 0 Å². The standard InChI is InChI=1S/C10H18F3NO6S2/c11-10(12,13)22(17,18)14-21(15,16)6-4-2-1-3-5-19-7-9-8-20-9/h9,14H,1-8H2. The van der Waals surface area contributed by atoms with Crippen LogP contribution >= 0.6 is 0 Å². The second-order valence-corrected chi connectivity index (χ2v) is 8.57. The van der Waals surface area contributed by atoms with Crippen molar-refractivity contribution in [2.75, 3.05) is 25.6 Å². The lowest BCUT2D eigenvalue weighted by Crippen LogP contribution is -2.41. The first-order chi connectivity index (χ1) is 10.0. The molecule has 7 nitrogen and oxygen atoms in total. The molecule has 0 aromatic heterocycles. The summed E-state index contributed by atoms with van der Waals surface area (Å²) in [5.41, 5.74) is -5.65. The average Bonchev–Trinajstić information content (AvgIpc) is 3.13. The van der Waals surface area contributed by atoms with Crippen molar-refractivity contribution in [1.82, 2.24) is 4.13 Å². The molecule has 1 unspecified atom stereocenters. The summed E-state index contributed by atoms with van der Waals surface area (Å²) >= 11 is 0. The summed E-state index contributed by atoms with van der Waals surface area (Å²) < 4.78 is 91.0. The Hall–Kier alpha value is -0.430. The maximum atomic E-state index is 12.0. The van der Waals surface area contributed by atoms with E-state index in [1.807, 2.05) is 0 Å². The van der Waals surface area contributed by atoms with E-state index >= 15 is 0 Å². The van der Waals surface area contributed by atoms with Gasteiger partial charge in [-0.25, -0.2) is 16.8 Å². The van der Waals surface area contributed by atoms with Gasteiger partial charge in [-0.2, -0.15) is 13.2 Å². The monoisotopic (exact) mass is 369 g/mol. The number of alkyl halides is 3. The first-order valence-electron chi connectivity index (χ1n) is 6.55. The molecular formula is C10H18F3NO6S2. The molecule has 12 heteroatoms. The van der Waals surface area contributed by atoms with Crippen LogP contribution in [0.3, 0.4) is 0 Å². The van der Waals surface area contributed by atoms with Crippen LogP contribution in [-0.2, 0) is 29.5 Å². The molecule has 0 aliphatic carbocycles. The number of unbranched alkanes of at least 4 members (excludes halogenated alkanes) is 3. The van der Waals surface area contributed by atoms with Gasteiger partial charge < -0.3 is 9.47 Å². The molecule has 0 aromatic carbocycles. The van der Waals surface area contributed by atoms with E-state index in [2.05, 4.69) is 0 Å². The predicted octanol–water partition coefficient (Wildman–Crippen LogP) is 0.731. The number of ether oxygens (including phenoxy) is 2. The van der Waals surface area contributed by atoms with E-state index < -0.39 is 31.3 Å². The minimum atomic E-state index is -5.88. The van der Waals surface area contributed by atoms with Crippen molar-refractivity contribution in [3.05, 3.63) is 0 Å². The van der Waals surface area contributed by atoms with Gasteiger partial charge in [-0.1, -0.05) is 12.8 Å². The highest BCUT2D eigenvalue weighted by molar-refractivity contribution is 8.05. The third kappa shape index (κ3) is 7.72. The van der Waals surface area contributed by atoms with E-state index in [9.17, 15) is 30.0 Å². The number of rotatable bonds is 11. The third-order valence-corrected chi connectivity index (χ3v) is 6.03. The van der Waals surface area contributed by atoms with Crippen LogP contribution in [0.25, 0.3) is 0 Å². The van der Waals surface area contributed by atoms with Crippen LogP contribution in [0.1, 0.15) is 25.7 Å². The summed E-state index contributed by atoms with van der Waals surface area (Å²) in [5.74, 6) is -0.681. The van der Waals surface area contributed by atoms with Crippen molar-refractivity contribution in [3.63, 3.8) is 0 Å². The van der Waals surface area contributed by atoms with Crippen LogP contribution < -0.4 is 4.13 Å². The Morgan fingerprint density at radius 1 is 1.09 bits per heavy atom. The van der Waals surface area contributed by atoms with Crippen molar-refractivity contribution >= 4 is 20.0 Å². The molecule has 1 aliphatic rings. The van der Waals surface area contributed by atoms with Crippen LogP contribution in [0.5, 0.6) is 0 Å². The van der Waals surface area contributed by atoms with E-state index in [1.54, 1.807) is 0 Å². The molecule has 1 rings (SSSR count). The lowest BCUT2D eigenvalue weighted by molar-refractivity contribution is -0.0441. The molecule has 1 heterocycles. The molecule has 0 amide bonds. The van der Waals surface area contributed by atoms with Gasteiger partial charge in [0.2, 0.25) is 10.0 Å². The summed E-state index contributed by atoms with van der Waals surface area (Å²) in [6.07, 6.45) is 1.99. The SMILES string of the molecule is O=S(=O)(CCCCCCOCC1CO1)NS(=O)(=O)C(F)(F)F. The normalized spacial score (nSPS) is 19.3. The predicted molar refractivity (Wildman–Crippen MR) is 70.9 cm³/mol. The molecule has 0 radical (unpaired) electrons. The maximum Gasteiger partial charge on any atom is 0.512 e. The van der Waals surface area contributed by atoms with Gasteiger partial charge in [-0.05, 0) is 12.8 Å². The number of halogens is 3. The summed E-state index contributed by atoms with van der Waals surface area (Å²) in [7, 11) is -10.4. The van der Waals surface area contributed by atoms with Crippen molar-refractivity contribution in [2.24, 2.45) is 0 Å². The molecule has 22 heavy (non-hydrogen) atoms. The minimum absolute atomic E-state index is 0.0639. The number of hydrogen-bond donors (Lipinski definition) is 1. The lowest BCUT2D eigenvalue weighted by Gasteiger charge is -2.10. The smallest absolute Gasteiger partial charge is 0.379 e. The third-order valence-electron chi connectivity index (χ3n) is 2.70. The fourth-order valence-electron chi connectivity index (χ4n) is 1.48. The second-order valence-electron chi connectivity index (χ2n) is 4.80. The number of epoxide rings is 1. The Balaban J connectivity index is 2.14. The quantitative estimate of drug-likeness (QED) is 0.426. The fourth-order valence-corrected chi connectivity index (χ4v) is 4.12. The lowest BCUT2D eigenvalue weighted by atomic mass is 10.2.